The first-order valence-electron chi connectivity index (χ1n) is 9.89. The molecule has 1 aromatic carbocycles. The van der Waals surface area contributed by atoms with Crippen LogP contribution in [0, 0.1) is 0 Å². The van der Waals surface area contributed by atoms with Crippen LogP contribution in [0.2, 0.25) is 0 Å². The largest absolute Gasteiger partial charge is 0.462 e. The molecule has 2 aromatic rings. The smallest absolute Gasteiger partial charge is 0.341 e. The second kappa shape index (κ2) is 10.2. The highest BCUT2D eigenvalue weighted by atomic mass is 32.1. The summed E-state index contributed by atoms with van der Waals surface area (Å²) in [5, 5.41) is 9.20. The molecule has 2 rings (SSSR count). The molecule has 8 heteroatoms. The van der Waals surface area contributed by atoms with Gasteiger partial charge in [-0.2, -0.15) is 0 Å². The predicted molar refractivity (Wildman–Crippen MR) is 120 cm³/mol. The van der Waals surface area contributed by atoms with Crippen LogP contribution in [-0.2, 0) is 16.0 Å². The van der Waals surface area contributed by atoms with E-state index in [4.69, 9.17) is 4.74 Å². The number of hydrogen-bond acceptors (Lipinski definition) is 6. The Labute approximate surface area is 181 Å². The average Bonchev–Trinajstić information content (AvgIpc) is 3.08. The maximum Gasteiger partial charge on any atom is 0.341 e. The minimum atomic E-state index is -0.444. The Morgan fingerprint density at radius 1 is 1.07 bits per heavy atom. The number of rotatable bonds is 8. The Morgan fingerprint density at radius 2 is 1.73 bits per heavy atom. The average molecular weight is 432 g/mol. The van der Waals surface area contributed by atoms with Gasteiger partial charge >= 0.3 is 5.97 Å². The van der Waals surface area contributed by atoms with Gasteiger partial charge in [-0.25, -0.2) is 4.79 Å². The molecule has 30 heavy (non-hydrogen) atoms. The Morgan fingerprint density at radius 3 is 2.30 bits per heavy atom. The Balaban J connectivity index is 1.96. The lowest BCUT2D eigenvalue weighted by Gasteiger charge is -2.20. The summed E-state index contributed by atoms with van der Waals surface area (Å²) in [6, 6.07) is 8.65. The summed E-state index contributed by atoms with van der Waals surface area (Å²) in [4.78, 5) is 37.6. The molecule has 162 valence electrons. The Kier molecular flexibility index (Phi) is 8.00. The van der Waals surface area contributed by atoms with Crippen LogP contribution in [0.25, 0.3) is 0 Å². The number of amides is 2. The number of aryl methyl sites for hydroxylation is 1. The van der Waals surface area contributed by atoms with Crippen LogP contribution in [0.3, 0.4) is 0 Å². The minimum absolute atomic E-state index is 0.0230. The van der Waals surface area contributed by atoms with Gasteiger partial charge in [-0.05, 0) is 64.4 Å². The molecule has 0 aliphatic carbocycles. The minimum Gasteiger partial charge on any atom is -0.462 e. The molecule has 3 N–H and O–H groups in total. The molecule has 0 saturated heterocycles. The van der Waals surface area contributed by atoms with E-state index in [0.29, 0.717) is 21.8 Å². The van der Waals surface area contributed by atoms with Gasteiger partial charge in [0.1, 0.15) is 5.00 Å². The van der Waals surface area contributed by atoms with E-state index in [2.05, 4.69) is 16.0 Å². The molecule has 0 atom stereocenters. The van der Waals surface area contributed by atoms with Crippen molar-refractivity contribution in [2.24, 2.45) is 0 Å². The number of nitrogens with one attached hydrogen (secondary N) is 3. The summed E-state index contributed by atoms with van der Waals surface area (Å²) in [5.74, 6) is -0.872. The first-order chi connectivity index (χ1) is 14.1. The van der Waals surface area contributed by atoms with Crippen molar-refractivity contribution < 1.29 is 19.1 Å². The maximum atomic E-state index is 12.4. The molecule has 0 aliphatic rings. The van der Waals surface area contributed by atoms with E-state index in [1.54, 1.807) is 37.3 Å². The molecule has 0 bridgehead atoms. The lowest BCUT2D eigenvalue weighted by molar-refractivity contribution is -0.114. The molecule has 7 nitrogen and oxygen atoms in total. The van der Waals surface area contributed by atoms with Crippen molar-refractivity contribution in [3.05, 3.63) is 46.3 Å². The van der Waals surface area contributed by atoms with Crippen molar-refractivity contribution in [3.8, 4) is 0 Å². The van der Waals surface area contributed by atoms with Gasteiger partial charge in [0.2, 0.25) is 5.91 Å². The van der Waals surface area contributed by atoms with Crippen molar-refractivity contribution in [3.63, 3.8) is 0 Å². The fourth-order valence-corrected chi connectivity index (χ4v) is 3.58. The molecule has 1 aromatic heterocycles. The quantitative estimate of drug-likeness (QED) is 0.548. The fourth-order valence-electron chi connectivity index (χ4n) is 2.57. The van der Waals surface area contributed by atoms with Crippen molar-refractivity contribution in [1.29, 1.82) is 0 Å². The van der Waals surface area contributed by atoms with Crippen LogP contribution in [0.5, 0.6) is 0 Å². The van der Waals surface area contributed by atoms with Gasteiger partial charge in [-0.15, -0.1) is 11.3 Å². The zero-order valence-electron chi connectivity index (χ0n) is 18.0. The molecule has 0 aliphatic heterocycles. The van der Waals surface area contributed by atoms with Gasteiger partial charge in [0.25, 0.3) is 5.91 Å². The van der Waals surface area contributed by atoms with Crippen LogP contribution in [0.1, 0.15) is 60.2 Å². The van der Waals surface area contributed by atoms with Crippen LogP contribution in [0.15, 0.2) is 30.3 Å². The SMILES string of the molecule is CCOC(=O)c1cc(CC)sc1NC(=O)CNc1ccc(C(=O)NC(C)(C)C)cc1. The highest BCUT2D eigenvalue weighted by molar-refractivity contribution is 7.16. The molecular formula is C22H29N3O4S. The number of carbonyl (C=O) groups is 3. The third-order valence-corrected chi connectivity index (χ3v) is 5.16. The van der Waals surface area contributed by atoms with Gasteiger partial charge in [-0.1, -0.05) is 6.92 Å². The van der Waals surface area contributed by atoms with E-state index < -0.39 is 5.97 Å². The van der Waals surface area contributed by atoms with Crippen LogP contribution in [-0.4, -0.2) is 36.5 Å². The number of benzene rings is 1. The molecular weight excluding hydrogens is 402 g/mol. The summed E-state index contributed by atoms with van der Waals surface area (Å²) in [5.41, 5.74) is 1.32. The number of ether oxygens (including phenoxy) is 1. The lowest BCUT2D eigenvalue weighted by Crippen LogP contribution is -2.40. The topological polar surface area (TPSA) is 96.5 Å². The highest BCUT2D eigenvalue weighted by Gasteiger charge is 2.19. The molecule has 0 saturated carbocycles. The third-order valence-electron chi connectivity index (χ3n) is 3.97. The third kappa shape index (κ3) is 6.88. The fraction of sp³-hybridized carbons (Fsp3) is 0.409. The summed E-state index contributed by atoms with van der Waals surface area (Å²) in [7, 11) is 0. The number of hydrogen-bond donors (Lipinski definition) is 3. The summed E-state index contributed by atoms with van der Waals surface area (Å²) in [6.07, 6.45) is 0.764. The molecule has 2 amide bonds. The van der Waals surface area contributed by atoms with E-state index in [1.165, 1.54) is 11.3 Å². The number of anilines is 2. The standard InChI is InChI=1S/C22H29N3O4S/c1-6-16-12-17(21(28)29-7-2)20(30-16)24-18(26)13-23-15-10-8-14(9-11-15)19(27)25-22(3,4)5/h8-12,23H,6-7,13H2,1-5H3,(H,24,26)(H,25,27). The number of carbonyl (C=O) groups excluding carboxylic acids is 3. The van der Waals surface area contributed by atoms with Crippen molar-refractivity contribution in [1.82, 2.24) is 5.32 Å². The number of thiophene rings is 1. The van der Waals surface area contributed by atoms with Crippen LogP contribution in [0.4, 0.5) is 10.7 Å². The van der Waals surface area contributed by atoms with Crippen molar-refractivity contribution in [2.75, 3.05) is 23.8 Å². The summed E-state index contributed by atoms with van der Waals surface area (Å²) < 4.78 is 5.07. The van der Waals surface area contributed by atoms with E-state index >= 15 is 0 Å². The molecule has 0 radical (unpaired) electrons. The van der Waals surface area contributed by atoms with Gasteiger partial charge in [0.05, 0.1) is 18.7 Å². The first kappa shape index (κ1) is 23.4. The second-order valence-corrected chi connectivity index (χ2v) is 8.85. The lowest BCUT2D eigenvalue weighted by atomic mass is 10.1. The van der Waals surface area contributed by atoms with E-state index in [1.807, 2.05) is 27.7 Å². The van der Waals surface area contributed by atoms with Crippen LogP contribution >= 0.6 is 11.3 Å². The molecule has 0 spiro atoms. The van der Waals surface area contributed by atoms with Crippen LogP contribution < -0.4 is 16.0 Å². The normalized spacial score (nSPS) is 11.0. The summed E-state index contributed by atoms with van der Waals surface area (Å²) >= 11 is 1.37. The zero-order chi connectivity index (χ0) is 22.3. The maximum absolute atomic E-state index is 12.4. The number of esters is 1. The van der Waals surface area contributed by atoms with Gasteiger partial charge < -0.3 is 20.7 Å². The van der Waals surface area contributed by atoms with Crippen molar-refractivity contribution >= 4 is 39.8 Å². The Bertz CT molecular complexity index is 898. The Hall–Kier alpha value is -2.87. The van der Waals surface area contributed by atoms with Gasteiger partial charge in [0.15, 0.2) is 0 Å². The molecule has 0 fully saturated rings. The molecule has 1 heterocycles. The highest BCUT2D eigenvalue weighted by Crippen LogP contribution is 2.29. The predicted octanol–water partition coefficient (Wildman–Crippen LogP) is 4.07. The van der Waals surface area contributed by atoms with Crippen molar-refractivity contribution in [2.45, 2.75) is 46.6 Å². The van der Waals surface area contributed by atoms with E-state index in [0.717, 1.165) is 11.3 Å². The zero-order valence-corrected chi connectivity index (χ0v) is 18.9. The van der Waals surface area contributed by atoms with Gasteiger partial charge in [0, 0.05) is 21.7 Å². The molecule has 0 unspecified atom stereocenters. The first-order valence-corrected chi connectivity index (χ1v) is 10.7. The van der Waals surface area contributed by atoms with Gasteiger partial charge in [-0.3, -0.25) is 9.59 Å². The summed E-state index contributed by atoms with van der Waals surface area (Å²) in [6.45, 7) is 9.78. The van der Waals surface area contributed by atoms with E-state index in [9.17, 15) is 14.4 Å². The second-order valence-electron chi connectivity index (χ2n) is 7.71. The van der Waals surface area contributed by atoms with E-state index in [-0.39, 0.29) is 30.5 Å². The monoisotopic (exact) mass is 431 g/mol.